The number of benzene rings is 1. The average molecular weight is 364 g/mol. The van der Waals surface area contributed by atoms with Crippen molar-refractivity contribution in [3.63, 3.8) is 0 Å². The highest BCUT2D eigenvalue weighted by Crippen LogP contribution is 2.23. The predicted octanol–water partition coefficient (Wildman–Crippen LogP) is 3.15. The lowest BCUT2D eigenvalue weighted by molar-refractivity contribution is -0.142. The maximum Gasteiger partial charge on any atom is 0.242 e. The van der Waals surface area contributed by atoms with Crippen molar-refractivity contribution < 1.29 is 18.4 Å². The number of nitrogens with zero attached hydrogens (tertiary/aromatic N) is 2. The van der Waals surface area contributed by atoms with Gasteiger partial charge in [-0.15, -0.1) is 0 Å². The number of amides is 2. The molecule has 0 N–H and O–H groups in total. The zero-order valence-electron chi connectivity index (χ0n) is 15.1. The van der Waals surface area contributed by atoms with Crippen molar-refractivity contribution >= 4 is 11.8 Å². The number of piperidine rings is 2. The van der Waals surface area contributed by atoms with Gasteiger partial charge in [-0.3, -0.25) is 9.59 Å². The molecular weight excluding hydrogens is 338 g/mol. The summed E-state index contributed by atoms with van der Waals surface area (Å²) in [5.74, 6) is -1.17. The smallest absolute Gasteiger partial charge is 0.242 e. The molecular formula is C20H26F2N2O2. The van der Waals surface area contributed by atoms with Gasteiger partial charge in [-0.05, 0) is 62.1 Å². The minimum atomic E-state index is -0.824. The quantitative estimate of drug-likeness (QED) is 0.805. The van der Waals surface area contributed by atoms with Crippen molar-refractivity contribution in [3.8, 4) is 0 Å². The van der Waals surface area contributed by atoms with Crippen LogP contribution in [0.3, 0.4) is 0 Å². The number of hydrogen-bond acceptors (Lipinski definition) is 2. The van der Waals surface area contributed by atoms with Gasteiger partial charge in [0, 0.05) is 26.1 Å². The van der Waals surface area contributed by atoms with Gasteiger partial charge in [-0.2, -0.15) is 0 Å². The molecule has 0 radical (unpaired) electrons. The average Bonchev–Trinajstić information content (AvgIpc) is 2.65. The van der Waals surface area contributed by atoms with E-state index in [1.54, 1.807) is 11.0 Å². The van der Waals surface area contributed by atoms with Gasteiger partial charge in [-0.25, -0.2) is 8.78 Å². The Morgan fingerprint density at radius 1 is 1.12 bits per heavy atom. The molecule has 2 aliphatic rings. The summed E-state index contributed by atoms with van der Waals surface area (Å²) < 4.78 is 26.3. The first-order valence-corrected chi connectivity index (χ1v) is 9.52. The van der Waals surface area contributed by atoms with Crippen LogP contribution in [0.5, 0.6) is 0 Å². The van der Waals surface area contributed by atoms with Crippen LogP contribution < -0.4 is 0 Å². The van der Waals surface area contributed by atoms with Gasteiger partial charge < -0.3 is 9.80 Å². The topological polar surface area (TPSA) is 40.6 Å². The number of likely N-dealkylation sites (tertiary alicyclic amines) is 2. The minimum Gasteiger partial charge on any atom is -0.341 e. The van der Waals surface area contributed by atoms with E-state index in [-0.39, 0.29) is 18.4 Å². The molecule has 142 valence electrons. The molecule has 1 aromatic carbocycles. The van der Waals surface area contributed by atoms with Crippen LogP contribution >= 0.6 is 0 Å². The Bertz CT molecular complexity index is 665. The third-order valence-corrected chi connectivity index (χ3v) is 5.44. The summed E-state index contributed by atoms with van der Waals surface area (Å²) in [6.07, 6.45) is 5.93. The fourth-order valence-corrected chi connectivity index (χ4v) is 3.89. The van der Waals surface area contributed by atoms with Crippen molar-refractivity contribution in [1.29, 1.82) is 0 Å². The summed E-state index contributed by atoms with van der Waals surface area (Å²) in [6, 6.07) is 4.03. The Hall–Kier alpha value is -1.98. The van der Waals surface area contributed by atoms with E-state index in [4.69, 9.17) is 0 Å². The van der Waals surface area contributed by atoms with Gasteiger partial charge in [0.25, 0.3) is 0 Å². The summed E-state index contributed by atoms with van der Waals surface area (Å²) in [5.41, 5.74) is 0.784. The van der Waals surface area contributed by atoms with E-state index in [1.807, 2.05) is 4.90 Å². The van der Waals surface area contributed by atoms with Crippen LogP contribution in [0, 0.1) is 17.6 Å². The maximum atomic E-state index is 13.3. The van der Waals surface area contributed by atoms with Crippen LogP contribution in [-0.2, 0) is 16.0 Å². The third-order valence-electron chi connectivity index (χ3n) is 5.44. The fraction of sp³-hybridized carbons (Fsp3) is 0.600. The van der Waals surface area contributed by atoms with E-state index in [9.17, 15) is 18.4 Å². The molecule has 2 heterocycles. The van der Waals surface area contributed by atoms with Gasteiger partial charge in [-0.1, -0.05) is 6.07 Å². The van der Waals surface area contributed by atoms with Crippen LogP contribution in [0.25, 0.3) is 0 Å². The molecule has 2 aliphatic heterocycles. The number of aryl methyl sites for hydroxylation is 1. The normalized spacial score (nSPS) is 21.2. The van der Waals surface area contributed by atoms with E-state index in [0.717, 1.165) is 50.3 Å². The second-order valence-corrected chi connectivity index (χ2v) is 7.41. The van der Waals surface area contributed by atoms with Gasteiger partial charge >= 0.3 is 0 Å². The van der Waals surface area contributed by atoms with Gasteiger partial charge in [0.05, 0.1) is 6.54 Å². The van der Waals surface area contributed by atoms with E-state index in [2.05, 4.69) is 0 Å². The largest absolute Gasteiger partial charge is 0.341 e. The summed E-state index contributed by atoms with van der Waals surface area (Å²) in [5, 5.41) is 0. The summed E-state index contributed by atoms with van der Waals surface area (Å²) in [4.78, 5) is 28.0. The monoisotopic (exact) mass is 364 g/mol. The van der Waals surface area contributed by atoms with Crippen molar-refractivity contribution in [2.75, 3.05) is 26.2 Å². The summed E-state index contributed by atoms with van der Waals surface area (Å²) in [7, 11) is 0. The molecule has 0 aliphatic carbocycles. The van der Waals surface area contributed by atoms with E-state index in [0.29, 0.717) is 31.8 Å². The molecule has 4 nitrogen and oxygen atoms in total. The highest BCUT2D eigenvalue weighted by atomic mass is 19.2. The Morgan fingerprint density at radius 3 is 2.73 bits per heavy atom. The highest BCUT2D eigenvalue weighted by Gasteiger charge is 2.27. The predicted molar refractivity (Wildman–Crippen MR) is 94.4 cm³/mol. The lowest BCUT2D eigenvalue weighted by Crippen LogP contribution is -2.47. The van der Waals surface area contributed by atoms with Crippen LogP contribution in [0.2, 0.25) is 0 Å². The van der Waals surface area contributed by atoms with E-state index in [1.165, 1.54) is 6.07 Å². The van der Waals surface area contributed by atoms with Crippen molar-refractivity contribution in [3.05, 3.63) is 35.4 Å². The zero-order valence-corrected chi connectivity index (χ0v) is 15.1. The Kier molecular flexibility index (Phi) is 6.22. The van der Waals surface area contributed by atoms with Crippen LogP contribution in [-0.4, -0.2) is 47.8 Å². The molecule has 1 aromatic rings. The fourth-order valence-electron chi connectivity index (χ4n) is 3.89. The number of hydrogen-bond donors (Lipinski definition) is 0. The molecule has 2 amide bonds. The molecule has 0 aromatic heterocycles. The van der Waals surface area contributed by atoms with Crippen molar-refractivity contribution in [2.24, 2.45) is 5.92 Å². The second kappa shape index (κ2) is 8.60. The highest BCUT2D eigenvalue weighted by molar-refractivity contribution is 5.85. The molecule has 26 heavy (non-hydrogen) atoms. The number of rotatable bonds is 5. The molecule has 0 unspecified atom stereocenters. The molecule has 1 atom stereocenters. The minimum absolute atomic E-state index is 0.0257. The lowest BCUT2D eigenvalue weighted by Gasteiger charge is -2.35. The van der Waals surface area contributed by atoms with E-state index >= 15 is 0 Å². The molecule has 3 rings (SSSR count). The first-order chi connectivity index (χ1) is 12.5. The number of carbonyl (C=O) groups is 2. The lowest BCUT2D eigenvalue weighted by atomic mass is 9.91. The SMILES string of the molecule is O=C1CCCCN1CC(=O)N1CCC[C@@H](CCc2ccc(F)c(F)c2)C1. The number of halogens is 2. The Labute approximate surface area is 153 Å². The number of carbonyl (C=O) groups excluding carboxylic acids is 2. The summed E-state index contributed by atoms with van der Waals surface area (Å²) in [6.45, 7) is 2.29. The van der Waals surface area contributed by atoms with Crippen molar-refractivity contribution in [1.82, 2.24) is 9.80 Å². The van der Waals surface area contributed by atoms with Crippen LogP contribution in [0.1, 0.15) is 44.1 Å². The standard InChI is InChI=1S/C20H26F2N2O2/c21-17-9-8-15(12-18(17)22)6-7-16-4-3-11-23(13-16)20(26)14-24-10-2-1-5-19(24)25/h8-9,12,16H,1-7,10-11,13-14H2/t16-/m0/s1. The van der Waals surface area contributed by atoms with Crippen LogP contribution in [0.4, 0.5) is 8.78 Å². The van der Waals surface area contributed by atoms with Gasteiger partial charge in [0.15, 0.2) is 11.6 Å². The second-order valence-electron chi connectivity index (χ2n) is 7.41. The van der Waals surface area contributed by atoms with Crippen molar-refractivity contribution in [2.45, 2.75) is 44.9 Å². The van der Waals surface area contributed by atoms with Gasteiger partial charge in [0.2, 0.25) is 11.8 Å². The molecule has 2 fully saturated rings. The molecule has 2 saturated heterocycles. The Morgan fingerprint density at radius 2 is 1.96 bits per heavy atom. The first kappa shape index (κ1) is 18.8. The Balaban J connectivity index is 1.49. The van der Waals surface area contributed by atoms with Gasteiger partial charge in [0.1, 0.15) is 0 Å². The zero-order chi connectivity index (χ0) is 18.5. The summed E-state index contributed by atoms with van der Waals surface area (Å²) >= 11 is 0. The molecule has 0 saturated carbocycles. The third kappa shape index (κ3) is 4.80. The van der Waals surface area contributed by atoms with Crippen LogP contribution in [0.15, 0.2) is 18.2 Å². The first-order valence-electron chi connectivity index (χ1n) is 9.52. The maximum absolute atomic E-state index is 13.3. The molecule has 6 heteroatoms. The molecule has 0 bridgehead atoms. The van der Waals surface area contributed by atoms with E-state index < -0.39 is 11.6 Å². The molecule has 0 spiro atoms.